The third-order valence-electron chi connectivity index (χ3n) is 4.80. The number of nitrogens with one attached hydrogen (secondary N) is 1. The van der Waals surface area contributed by atoms with Gasteiger partial charge in [0.25, 0.3) is 0 Å². The summed E-state index contributed by atoms with van der Waals surface area (Å²) in [4.78, 5) is 4.40. The van der Waals surface area contributed by atoms with Crippen LogP contribution < -0.4 is 5.32 Å². The molecule has 1 aliphatic carbocycles. The van der Waals surface area contributed by atoms with Gasteiger partial charge in [0.1, 0.15) is 0 Å². The number of aliphatic hydroxyl groups excluding tert-OH is 1. The van der Waals surface area contributed by atoms with Gasteiger partial charge in [-0.3, -0.25) is 4.98 Å². The van der Waals surface area contributed by atoms with E-state index in [4.69, 9.17) is 0 Å². The number of fused-ring (bicyclic) bond motifs is 1. The van der Waals surface area contributed by atoms with Gasteiger partial charge >= 0.3 is 0 Å². The van der Waals surface area contributed by atoms with E-state index in [1.165, 1.54) is 30.2 Å². The van der Waals surface area contributed by atoms with Crippen LogP contribution in [0.1, 0.15) is 37.7 Å². The number of hydrogen-bond acceptors (Lipinski definition) is 3. The van der Waals surface area contributed by atoms with Gasteiger partial charge in [0.05, 0.1) is 5.52 Å². The number of benzene rings is 1. The second-order valence-corrected chi connectivity index (χ2v) is 6.31. The standard InChI is InChI=1S/C18H24N2O/c21-14-18(9-4-1-5-10-18)13-19-12-15-8-11-20-17-7-3-2-6-16(15)17/h2-3,6-8,11,19,21H,1,4-5,9-10,12-14H2. The molecular formula is C18H24N2O. The second kappa shape index (κ2) is 6.54. The van der Waals surface area contributed by atoms with Crippen molar-refractivity contribution in [3.8, 4) is 0 Å². The molecule has 0 spiro atoms. The van der Waals surface area contributed by atoms with Crippen molar-refractivity contribution in [2.45, 2.75) is 38.6 Å². The van der Waals surface area contributed by atoms with Crippen LogP contribution in [0.5, 0.6) is 0 Å². The summed E-state index contributed by atoms with van der Waals surface area (Å²) in [5.41, 5.74) is 2.43. The fourth-order valence-corrected chi connectivity index (χ4v) is 3.46. The molecule has 1 fully saturated rings. The Morgan fingerprint density at radius 3 is 2.71 bits per heavy atom. The first-order valence-corrected chi connectivity index (χ1v) is 7.97. The van der Waals surface area contributed by atoms with Gasteiger partial charge in [-0.05, 0) is 30.5 Å². The number of aliphatic hydroxyl groups is 1. The van der Waals surface area contributed by atoms with Crippen molar-refractivity contribution in [1.82, 2.24) is 10.3 Å². The lowest BCUT2D eigenvalue weighted by molar-refractivity contribution is 0.0811. The summed E-state index contributed by atoms with van der Waals surface area (Å²) in [5, 5.41) is 14.5. The molecule has 0 saturated heterocycles. The molecular weight excluding hydrogens is 260 g/mol. The van der Waals surface area contributed by atoms with Crippen molar-refractivity contribution >= 4 is 10.9 Å². The summed E-state index contributed by atoms with van der Waals surface area (Å²) >= 11 is 0. The highest BCUT2D eigenvalue weighted by Crippen LogP contribution is 2.35. The van der Waals surface area contributed by atoms with Gasteiger partial charge in [0.2, 0.25) is 0 Å². The minimum Gasteiger partial charge on any atom is -0.396 e. The Morgan fingerprint density at radius 1 is 1.10 bits per heavy atom. The molecule has 1 aromatic carbocycles. The molecule has 2 N–H and O–H groups in total. The lowest BCUT2D eigenvalue weighted by Crippen LogP contribution is -2.38. The number of pyridine rings is 1. The molecule has 0 aliphatic heterocycles. The van der Waals surface area contributed by atoms with Crippen LogP contribution in [0, 0.1) is 5.41 Å². The van der Waals surface area contributed by atoms with Gasteiger partial charge < -0.3 is 10.4 Å². The van der Waals surface area contributed by atoms with Crippen LogP contribution in [-0.4, -0.2) is 23.2 Å². The SMILES string of the molecule is OCC1(CNCc2ccnc3ccccc23)CCCCC1. The van der Waals surface area contributed by atoms with E-state index < -0.39 is 0 Å². The van der Waals surface area contributed by atoms with Crippen molar-refractivity contribution in [2.24, 2.45) is 5.41 Å². The maximum atomic E-state index is 9.76. The summed E-state index contributed by atoms with van der Waals surface area (Å²) in [6.07, 6.45) is 7.99. The highest BCUT2D eigenvalue weighted by molar-refractivity contribution is 5.81. The molecule has 3 nitrogen and oxygen atoms in total. The molecule has 0 amide bonds. The van der Waals surface area contributed by atoms with Gasteiger partial charge in [-0.1, -0.05) is 37.5 Å². The molecule has 0 radical (unpaired) electrons. The largest absolute Gasteiger partial charge is 0.396 e. The molecule has 112 valence electrons. The van der Waals surface area contributed by atoms with E-state index in [1.54, 1.807) is 0 Å². The molecule has 1 heterocycles. The molecule has 0 unspecified atom stereocenters. The average molecular weight is 284 g/mol. The molecule has 1 saturated carbocycles. The molecule has 3 heteroatoms. The summed E-state index contributed by atoms with van der Waals surface area (Å²) in [6, 6.07) is 10.3. The van der Waals surface area contributed by atoms with Gasteiger partial charge in [-0.2, -0.15) is 0 Å². The van der Waals surface area contributed by atoms with Crippen LogP contribution in [0.25, 0.3) is 10.9 Å². The smallest absolute Gasteiger partial charge is 0.0705 e. The van der Waals surface area contributed by atoms with E-state index >= 15 is 0 Å². The third kappa shape index (κ3) is 3.25. The first-order chi connectivity index (χ1) is 10.3. The number of rotatable bonds is 5. The summed E-state index contributed by atoms with van der Waals surface area (Å²) < 4.78 is 0. The number of aromatic nitrogens is 1. The average Bonchev–Trinajstić information content (AvgIpc) is 2.56. The van der Waals surface area contributed by atoms with Crippen LogP contribution in [0.15, 0.2) is 36.5 Å². The van der Waals surface area contributed by atoms with Gasteiger partial charge in [-0.15, -0.1) is 0 Å². The quantitative estimate of drug-likeness (QED) is 0.885. The van der Waals surface area contributed by atoms with E-state index in [2.05, 4.69) is 34.6 Å². The van der Waals surface area contributed by atoms with Crippen LogP contribution in [0.2, 0.25) is 0 Å². The maximum absolute atomic E-state index is 9.76. The predicted molar refractivity (Wildman–Crippen MR) is 86.1 cm³/mol. The van der Waals surface area contributed by atoms with Gasteiger partial charge in [0, 0.05) is 36.7 Å². The number of para-hydroxylation sites is 1. The van der Waals surface area contributed by atoms with E-state index in [9.17, 15) is 5.11 Å². The first kappa shape index (κ1) is 14.5. The zero-order chi connectivity index (χ0) is 14.5. The predicted octanol–water partition coefficient (Wildman–Crippen LogP) is 3.27. The van der Waals surface area contributed by atoms with Gasteiger partial charge in [-0.25, -0.2) is 0 Å². The molecule has 1 aliphatic rings. The fourth-order valence-electron chi connectivity index (χ4n) is 3.46. The normalized spacial score (nSPS) is 18.0. The summed E-state index contributed by atoms with van der Waals surface area (Å²) in [5.74, 6) is 0. The fraction of sp³-hybridized carbons (Fsp3) is 0.500. The Balaban J connectivity index is 1.66. The zero-order valence-electron chi connectivity index (χ0n) is 12.5. The third-order valence-corrected chi connectivity index (χ3v) is 4.80. The van der Waals surface area contributed by atoms with E-state index in [-0.39, 0.29) is 5.41 Å². The summed E-state index contributed by atoms with van der Waals surface area (Å²) in [7, 11) is 0. The zero-order valence-corrected chi connectivity index (χ0v) is 12.5. The lowest BCUT2D eigenvalue weighted by atomic mass is 9.74. The molecule has 0 atom stereocenters. The lowest BCUT2D eigenvalue weighted by Gasteiger charge is -2.35. The Bertz CT molecular complexity index is 585. The maximum Gasteiger partial charge on any atom is 0.0705 e. The van der Waals surface area contributed by atoms with Crippen molar-refractivity contribution < 1.29 is 5.11 Å². The molecule has 1 aromatic heterocycles. The van der Waals surface area contributed by atoms with E-state index in [0.29, 0.717) is 6.61 Å². The minimum absolute atomic E-state index is 0.0983. The van der Waals surface area contributed by atoms with Crippen molar-refractivity contribution in [1.29, 1.82) is 0 Å². The topological polar surface area (TPSA) is 45.1 Å². The highest BCUT2D eigenvalue weighted by atomic mass is 16.3. The first-order valence-electron chi connectivity index (χ1n) is 7.97. The summed E-state index contributed by atoms with van der Waals surface area (Å²) in [6.45, 7) is 2.04. The van der Waals surface area contributed by atoms with Gasteiger partial charge in [0.15, 0.2) is 0 Å². The molecule has 0 bridgehead atoms. The van der Waals surface area contributed by atoms with Crippen LogP contribution >= 0.6 is 0 Å². The Kier molecular flexibility index (Phi) is 4.51. The Labute approximate surface area is 126 Å². The van der Waals surface area contributed by atoms with Crippen molar-refractivity contribution in [3.63, 3.8) is 0 Å². The second-order valence-electron chi connectivity index (χ2n) is 6.31. The Morgan fingerprint density at radius 2 is 1.90 bits per heavy atom. The van der Waals surface area contributed by atoms with Crippen LogP contribution in [0.4, 0.5) is 0 Å². The van der Waals surface area contributed by atoms with Crippen LogP contribution in [0.3, 0.4) is 0 Å². The highest BCUT2D eigenvalue weighted by Gasteiger charge is 2.30. The van der Waals surface area contributed by atoms with Crippen LogP contribution in [-0.2, 0) is 6.54 Å². The number of nitrogens with zero attached hydrogens (tertiary/aromatic N) is 1. The van der Waals surface area contributed by atoms with E-state index in [0.717, 1.165) is 31.4 Å². The van der Waals surface area contributed by atoms with Crippen molar-refractivity contribution in [3.05, 3.63) is 42.1 Å². The molecule has 3 rings (SSSR count). The van der Waals surface area contributed by atoms with E-state index in [1.807, 2.05) is 12.3 Å². The Hall–Kier alpha value is -1.45. The minimum atomic E-state index is 0.0983. The monoisotopic (exact) mass is 284 g/mol. The number of hydrogen-bond donors (Lipinski definition) is 2. The molecule has 2 aromatic rings. The molecule has 21 heavy (non-hydrogen) atoms. The van der Waals surface area contributed by atoms with Crippen molar-refractivity contribution in [2.75, 3.05) is 13.2 Å².